The fraction of sp³-hybridized carbons (Fsp3) is 0.455. The van der Waals surface area contributed by atoms with Gasteiger partial charge in [0.15, 0.2) is 11.5 Å². The van der Waals surface area contributed by atoms with Crippen LogP contribution in [0.1, 0.15) is 35.8 Å². The molecule has 0 aliphatic carbocycles. The molecule has 2 aromatic rings. The third-order valence-electron chi connectivity index (χ3n) is 5.24. The molecule has 0 bridgehead atoms. The minimum absolute atomic E-state index is 0.0236. The van der Waals surface area contributed by atoms with Crippen molar-refractivity contribution >= 4 is 11.6 Å². The van der Waals surface area contributed by atoms with E-state index in [1.165, 1.54) is 0 Å². The van der Waals surface area contributed by atoms with Gasteiger partial charge in [0.1, 0.15) is 5.69 Å². The number of methoxy groups -OCH3 is 2. The molecule has 0 saturated carbocycles. The van der Waals surface area contributed by atoms with E-state index >= 15 is 0 Å². The molecule has 6 heteroatoms. The molecule has 2 heterocycles. The number of amides is 1. The summed E-state index contributed by atoms with van der Waals surface area (Å²) in [4.78, 5) is 18.9. The number of nitrogens with one attached hydrogen (secondary N) is 1. The van der Waals surface area contributed by atoms with E-state index < -0.39 is 0 Å². The molecule has 1 aliphatic rings. The highest BCUT2D eigenvalue weighted by Gasteiger charge is 2.22. The van der Waals surface area contributed by atoms with Crippen molar-refractivity contribution in [3.8, 4) is 11.5 Å². The largest absolute Gasteiger partial charge is 0.493 e. The van der Waals surface area contributed by atoms with Crippen LogP contribution in [0.25, 0.3) is 0 Å². The van der Waals surface area contributed by atoms with E-state index in [1.807, 2.05) is 35.2 Å². The molecule has 1 N–H and O–H groups in total. The average molecular weight is 383 g/mol. The number of pyridine rings is 1. The monoisotopic (exact) mass is 383 g/mol. The van der Waals surface area contributed by atoms with Crippen LogP contribution in [0.4, 0.5) is 5.69 Å². The van der Waals surface area contributed by atoms with Crippen molar-refractivity contribution in [1.29, 1.82) is 0 Å². The van der Waals surface area contributed by atoms with Crippen LogP contribution in [0.15, 0.2) is 36.5 Å². The summed E-state index contributed by atoms with van der Waals surface area (Å²) >= 11 is 0. The Balaban J connectivity index is 1.57. The van der Waals surface area contributed by atoms with E-state index in [0.717, 1.165) is 61.6 Å². The Hall–Kier alpha value is -2.76. The maximum absolute atomic E-state index is 12.7. The van der Waals surface area contributed by atoms with Gasteiger partial charge in [-0.2, -0.15) is 0 Å². The number of likely N-dealkylation sites (tertiary alicyclic amines) is 1. The maximum Gasteiger partial charge on any atom is 0.272 e. The minimum Gasteiger partial charge on any atom is -0.493 e. The van der Waals surface area contributed by atoms with Gasteiger partial charge in [0, 0.05) is 31.5 Å². The fourth-order valence-electron chi connectivity index (χ4n) is 3.42. The lowest BCUT2D eigenvalue weighted by atomic mass is 9.99. The quantitative estimate of drug-likeness (QED) is 0.791. The third-order valence-corrected chi connectivity index (χ3v) is 5.24. The summed E-state index contributed by atoms with van der Waals surface area (Å²) in [6, 6.07) is 9.66. The molecule has 3 rings (SSSR count). The molecule has 1 fully saturated rings. The summed E-state index contributed by atoms with van der Waals surface area (Å²) in [6.07, 6.45) is 4.65. The molecule has 1 aliphatic heterocycles. The van der Waals surface area contributed by atoms with Gasteiger partial charge in [0.2, 0.25) is 0 Å². The zero-order valence-corrected chi connectivity index (χ0v) is 16.9. The molecule has 0 spiro atoms. The summed E-state index contributed by atoms with van der Waals surface area (Å²) in [5.41, 5.74) is 2.56. The van der Waals surface area contributed by atoms with Gasteiger partial charge >= 0.3 is 0 Å². The predicted octanol–water partition coefficient (Wildman–Crippen LogP) is 3.63. The van der Waals surface area contributed by atoms with Crippen molar-refractivity contribution < 1.29 is 14.3 Å². The van der Waals surface area contributed by atoms with Gasteiger partial charge in [-0.25, -0.2) is 0 Å². The highest BCUT2D eigenvalue weighted by molar-refractivity contribution is 5.93. The number of piperidine rings is 1. The minimum atomic E-state index is 0.0236. The molecule has 0 radical (unpaired) electrons. The van der Waals surface area contributed by atoms with Crippen LogP contribution in [0.2, 0.25) is 0 Å². The number of nitrogens with zero attached hydrogens (tertiary/aromatic N) is 2. The first kappa shape index (κ1) is 20.0. The lowest BCUT2D eigenvalue weighted by molar-refractivity contribution is 0.0691. The Kier molecular flexibility index (Phi) is 6.74. The van der Waals surface area contributed by atoms with Gasteiger partial charge in [-0.05, 0) is 55.0 Å². The highest BCUT2D eigenvalue weighted by Crippen LogP contribution is 2.27. The Morgan fingerprint density at radius 3 is 2.61 bits per heavy atom. The van der Waals surface area contributed by atoms with E-state index in [1.54, 1.807) is 20.4 Å². The first-order valence-corrected chi connectivity index (χ1v) is 9.81. The van der Waals surface area contributed by atoms with Crippen LogP contribution >= 0.6 is 0 Å². The van der Waals surface area contributed by atoms with Crippen LogP contribution in [-0.4, -0.2) is 49.6 Å². The van der Waals surface area contributed by atoms with Gasteiger partial charge in [-0.15, -0.1) is 0 Å². The number of ether oxygens (including phenoxy) is 2. The van der Waals surface area contributed by atoms with Crippen molar-refractivity contribution in [3.63, 3.8) is 0 Å². The Labute approximate surface area is 166 Å². The standard InChI is InChI=1S/C22H29N3O3/c1-16-8-12-25(13-9-16)22(26)19-15-18(7-11-24-19)23-10-6-17-4-5-20(27-2)21(14-17)28-3/h4-5,7,11,14-16H,6,8-10,12-13H2,1-3H3,(H,23,24). The third kappa shape index (κ3) is 4.94. The number of carbonyl (C=O) groups excluding carboxylic acids is 1. The lowest BCUT2D eigenvalue weighted by Crippen LogP contribution is -2.38. The van der Waals surface area contributed by atoms with Crippen molar-refractivity contribution in [3.05, 3.63) is 47.8 Å². The van der Waals surface area contributed by atoms with Crippen LogP contribution in [-0.2, 0) is 6.42 Å². The zero-order chi connectivity index (χ0) is 19.9. The molecular weight excluding hydrogens is 354 g/mol. The second-order valence-corrected chi connectivity index (χ2v) is 7.27. The predicted molar refractivity (Wildman–Crippen MR) is 110 cm³/mol. The molecule has 150 valence electrons. The number of rotatable bonds is 7. The van der Waals surface area contributed by atoms with Crippen molar-refractivity contribution in [2.75, 3.05) is 39.2 Å². The van der Waals surface area contributed by atoms with Crippen molar-refractivity contribution in [1.82, 2.24) is 9.88 Å². The zero-order valence-electron chi connectivity index (χ0n) is 16.9. The van der Waals surface area contributed by atoms with Crippen LogP contribution in [0, 0.1) is 5.92 Å². The van der Waals surface area contributed by atoms with Gasteiger partial charge in [-0.3, -0.25) is 9.78 Å². The highest BCUT2D eigenvalue weighted by atomic mass is 16.5. The first-order valence-electron chi connectivity index (χ1n) is 9.81. The lowest BCUT2D eigenvalue weighted by Gasteiger charge is -2.30. The Bertz CT molecular complexity index is 801. The number of aromatic nitrogens is 1. The van der Waals surface area contributed by atoms with E-state index in [2.05, 4.69) is 17.2 Å². The van der Waals surface area contributed by atoms with Crippen LogP contribution < -0.4 is 14.8 Å². The van der Waals surface area contributed by atoms with Crippen molar-refractivity contribution in [2.24, 2.45) is 5.92 Å². The van der Waals surface area contributed by atoms with E-state index in [-0.39, 0.29) is 5.91 Å². The van der Waals surface area contributed by atoms with E-state index in [9.17, 15) is 4.79 Å². The van der Waals surface area contributed by atoms with Gasteiger partial charge < -0.3 is 19.7 Å². The number of hydrogen-bond acceptors (Lipinski definition) is 5. The summed E-state index contributed by atoms with van der Waals surface area (Å²) in [7, 11) is 3.27. The molecule has 0 atom stereocenters. The van der Waals surface area contributed by atoms with Gasteiger partial charge in [-0.1, -0.05) is 13.0 Å². The number of carbonyl (C=O) groups is 1. The topological polar surface area (TPSA) is 63.7 Å². The van der Waals surface area contributed by atoms with Crippen LogP contribution in [0.5, 0.6) is 11.5 Å². The summed E-state index contributed by atoms with van der Waals surface area (Å²) in [6.45, 7) is 4.62. The van der Waals surface area contributed by atoms with E-state index in [4.69, 9.17) is 9.47 Å². The molecule has 0 unspecified atom stereocenters. The van der Waals surface area contributed by atoms with Crippen LogP contribution in [0.3, 0.4) is 0 Å². The molecule has 28 heavy (non-hydrogen) atoms. The fourth-order valence-corrected chi connectivity index (χ4v) is 3.42. The molecule has 6 nitrogen and oxygen atoms in total. The molecule has 1 amide bonds. The molecule has 1 aromatic carbocycles. The Morgan fingerprint density at radius 2 is 1.89 bits per heavy atom. The smallest absolute Gasteiger partial charge is 0.272 e. The maximum atomic E-state index is 12.7. The van der Waals surface area contributed by atoms with Gasteiger partial charge in [0.25, 0.3) is 5.91 Å². The summed E-state index contributed by atoms with van der Waals surface area (Å²) in [5, 5.41) is 3.38. The second-order valence-electron chi connectivity index (χ2n) is 7.27. The normalized spacial score (nSPS) is 14.6. The molecule has 1 aromatic heterocycles. The Morgan fingerprint density at radius 1 is 1.14 bits per heavy atom. The first-order chi connectivity index (χ1) is 13.6. The van der Waals surface area contributed by atoms with Gasteiger partial charge in [0.05, 0.1) is 14.2 Å². The summed E-state index contributed by atoms with van der Waals surface area (Å²) < 4.78 is 10.6. The number of hydrogen-bond donors (Lipinski definition) is 1. The summed E-state index contributed by atoms with van der Waals surface area (Å²) in [5.74, 6) is 2.17. The molecule has 1 saturated heterocycles. The molecular formula is C22H29N3O3. The van der Waals surface area contributed by atoms with Crippen molar-refractivity contribution in [2.45, 2.75) is 26.2 Å². The average Bonchev–Trinajstić information content (AvgIpc) is 2.74. The SMILES string of the molecule is COc1ccc(CCNc2ccnc(C(=O)N3CCC(C)CC3)c2)cc1OC. The second kappa shape index (κ2) is 9.44. The number of benzene rings is 1. The number of anilines is 1. The van der Waals surface area contributed by atoms with E-state index in [0.29, 0.717) is 11.6 Å².